The van der Waals surface area contributed by atoms with Crippen molar-refractivity contribution in [2.75, 3.05) is 0 Å². The van der Waals surface area contributed by atoms with Crippen LogP contribution in [0.4, 0.5) is 0 Å². The van der Waals surface area contributed by atoms with E-state index < -0.39 is 5.97 Å². The summed E-state index contributed by atoms with van der Waals surface area (Å²) in [5, 5.41) is 7.60. The Morgan fingerprint density at radius 2 is 1.56 bits per heavy atom. The van der Waals surface area contributed by atoms with E-state index in [0.717, 1.165) is 6.08 Å². The fraction of sp³-hybridized carbons (Fsp3) is 0.462. The molecule has 0 saturated carbocycles. The van der Waals surface area contributed by atoms with Gasteiger partial charge in [-0.1, -0.05) is 32.3 Å². The predicted molar refractivity (Wildman–Crippen MR) is 66.9 cm³/mol. The van der Waals surface area contributed by atoms with Crippen LogP contribution in [0.1, 0.15) is 38.5 Å². The van der Waals surface area contributed by atoms with Gasteiger partial charge in [0.1, 0.15) is 0 Å². The van der Waals surface area contributed by atoms with Crippen molar-refractivity contribution in [3.05, 3.63) is 37.0 Å². The van der Waals surface area contributed by atoms with Gasteiger partial charge in [0, 0.05) is 6.08 Å². The molecule has 0 unspecified atom stereocenters. The zero-order valence-corrected chi connectivity index (χ0v) is 12.0. The average molecular weight is 246 g/mol. The van der Waals surface area contributed by atoms with Crippen LogP contribution in [-0.2, 0) is 4.79 Å². The van der Waals surface area contributed by atoms with E-state index in [9.17, 15) is 4.79 Å². The molecule has 0 bridgehead atoms. The fourth-order valence-corrected chi connectivity index (χ4v) is 1.02. The van der Waals surface area contributed by atoms with Crippen LogP contribution in [0.15, 0.2) is 24.8 Å². The second kappa shape index (κ2) is 14.9. The summed E-state index contributed by atoms with van der Waals surface area (Å²) >= 11 is 0. The van der Waals surface area contributed by atoms with Crippen molar-refractivity contribution in [3.8, 4) is 0 Å². The van der Waals surface area contributed by atoms with Crippen LogP contribution >= 0.6 is 0 Å². The molecule has 0 aromatic carbocycles. The van der Waals surface area contributed by atoms with E-state index in [-0.39, 0.29) is 37.7 Å². The van der Waals surface area contributed by atoms with Gasteiger partial charge < -0.3 is 17.3 Å². The number of carboxylic acids is 1. The number of hydrogen-bond acceptors (Lipinski definition) is 1. The first-order valence-electron chi connectivity index (χ1n) is 5.23. The topological polar surface area (TPSA) is 37.3 Å². The smallest absolute Gasteiger partial charge is 0.501 e. The number of carbonyl (C=O) groups is 1. The molecule has 2 aliphatic carbocycles. The summed E-state index contributed by atoms with van der Waals surface area (Å²) in [6.45, 7) is 2.96. The molecule has 0 aromatic heterocycles. The third-order valence-electron chi connectivity index (χ3n) is 1.80. The van der Waals surface area contributed by atoms with Crippen LogP contribution in [0.2, 0.25) is 0 Å². The van der Waals surface area contributed by atoms with E-state index in [4.69, 9.17) is 5.11 Å². The Balaban J connectivity index is 0. The monoisotopic (exact) mass is 246 g/mol. The van der Waals surface area contributed by atoms with E-state index in [1.807, 2.05) is 0 Å². The van der Waals surface area contributed by atoms with Crippen molar-refractivity contribution < 1.29 is 9.90 Å². The largest absolute Gasteiger partial charge is 2.00 e. The van der Waals surface area contributed by atoms with Gasteiger partial charge >= 0.3 is 43.7 Å². The molecule has 0 fully saturated rings. The number of rotatable bonds is 1. The van der Waals surface area contributed by atoms with Crippen molar-refractivity contribution in [2.24, 2.45) is 0 Å². The Bertz CT molecular complexity index is 204. The summed E-state index contributed by atoms with van der Waals surface area (Å²) in [7, 11) is 0. The van der Waals surface area contributed by atoms with E-state index in [1.54, 1.807) is 0 Å². The molecular formula is C13H18CaO2. The molecule has 0 spiro atoms. The summed E-state index contributed by atoms with van der Waals surface area (Å²) in [6, 6.07) is 0. The number of carboxylic acid groups (broad SMARTS) is 1. The molecule has 0 heterocycles. The predicted octanol–water partition coefficient (Wildman–Crippen LogP) is 2.94. The van der Waals surface area contributed by atoms with Gasteiger partial charge in [0.25, 0.3) is 0 Å². The van der Waals surface area contributed by atoms with E-state index in [1.165, 1.54) is 38.5 Å². The second-order valence-corrected chi connectivity index (χ2v) is 3.14. The van der Waals surface area contributed by atoms with E-state index in [0.29, 0.717) is 0 Å². The van der Waals surface area contributed by atoms with E-state index >= 15 is 0 Å². The maximum absolute atomic E-state index is 9.25. The first-order chi connectivity index (χ1) is 7.27. The van der Waals surface area contributed by atoms with E-state index in [2.05, 4.69) is 30.9 Å². The normalized spacial score (nSPS) is 15.0. The minimum atomic E-state index is -0.981. The Morgan fingerprint density at radius 3 is 1.62 bits per heavy atom. The van der Waals surface area contributed by atoms with Gasteiger partial charge in [-0.25, -0.2) is 4.79 Å². The van der Waals surface area contributed by atoms with Crippen LogP contribution in [0.5, 0.6) is 0 Å². The van der Waals surface area contributed by atoms with Crippen LogP contribution in [-0.4, -0.2) is 48.8 Å². The molecule has 0 atom stereocenters. The molecule has 84 valence electrons. The van der Waals surface area contributed by atoms with Crippen molar-refractivity contribution in [2.45, 2.75) is 38.5 Å². The SMILES string of the molecule is C=CC(=O)O.[C-]1=CCCC1.[C-]1=CCCC1.[Ca+2]. The molecule has 0 aliphatic heterocycles. The number of aliphatic carboxylic acids is 1. The maximum atomic E-state index is 9.25. The van der Waals surface area contributed by atoms with Crippen molar-refractivity contribution >= 4 is 43.7 Å². The minimum Gasteiger partial charge on any atom is -0.501 e. The number of allylic oxidation sites excluding steroid dienone is 4. The quantitative estimate of drug-likeness (QED) is 0.439. The molecule has 0 amide bonds. The Kier molecular flexibility index (Phi) is 17.1. The standard InChI is InChI=1S/2C5H7.C3H4O2.Ca/c2*1-2-4-5-3-1;1-2-3(4)5;/h2*1H,2,4-5H2;2H,1H2,(H,4,5);/q2*-1;;+2. The number of hydrogen-bond donors (Lipinski definition) is 1. The molecule has 2 nitrogen and oxygen atoms in total. The molecule has 1 N–H and O–H groups in total. The first-order valence-corrected chi connectivity index (χ1v) is 5.23. The molecule has 0 saturated heterocycles. The fourth-order valence-electron chi connectivity index (χ4n) is 1.02. The summed E-state index contributed by atoms with van der Waals surface area (Å²) in [4.78, 5) is 9.25. The minimum absolute atomic E-state index is 0. The molecule has 0 radical (unpaired) electrons. The Morgan fingerprint density at radius 1 is 1.19 bits per heavy atom. The van der Waals surface area contributed by atoms with Gasteiger partial charge in [-0.15, -0.1) is 0 Å². The van der Waals surface area contributed by atoms with Gasteiger partial charge in [-0.2, -0.15) is 12.8 Å². The second-order valence-electron chi connectivity index (χ2n) is 3.14. The van der Waals surface area contributed by atoms with Crippen molar-refractivity contribution in [1.82, 2.24) is 0 Å². The van der Waals surface area contributed by atoms with Gasteiger partial charge in [0.05, 0.1) is 0 Å². The van der Waals surface area contributed by atoms with Crippen LogP contribution in [0.25, 0.3) is 0 Å². The summed E-state index contributed by atoms with van der Waals surface area (Å²) in [5.74, 6) is -0.981. The molecule has 2 rings (SSSR count). The average Bonchev–Trinajstić information content (AvgIpc) is 2.96. The molecule has 0 aromatic rings. The Labute approximate surface area is 128 Å². The summed E-state index contributed by atoms with van der Waals surface area (Å²) < 4.78 is 0. The zero-order valence-electron chi connectivity index (χ0n) is 9.74. The maximum Gasteiger partial charge on any atom is 2.00 e. The molecule has 3 heteroatoms. The van der Waals surface area contributed by atoms with Crippen LogP contribution in [0, 0.1) is 12.2 Å². The summed E-state index contributed by atoms with van der Waals surface area (Å²) in [6.07, 6.45) is 18.8. The van der Waals surface area contributed by atoms with Gasteiger partial charge in [-0.3, -0.25) is 12.2 Å². The molecule has 2 aliphatic rings. The first kappa shape index (κ1) is 18.3. The zero-order chi connectivity index (χ0) is 11.4. The van der Waals surface area contributed by atoms with Crippen LogP contribution in [0.3, 0.4) is 0 Å². The van der Waals surface area contributed by atoms with Gasteiger partial charge in [0.15, 0.2) is 0 Å². The van der Waals surface area contributed by atoms with Crippen LogP contribution < -0.4 is 0 Å². The third-order valence-corrected chi connectivity index (χ3v) is 1.80. The molecular weight excluding hydrogens is 228 g/mol. The third kappa shape index (κ3) is 16.4. The Hall–Kier alpha value is -0.0503. The molecule has 16 heavy (non-hydrogen) atoms. The summed E-state index contributed by atoms with van der Waals surface area (Å²) in [5.41, 5.74) is 0. The van der Waals surface area contributed by atoms with Crippen molar-refractivity contribution in [3.63, 3.8) is 0 Å². The van der Waals surface area contributed by atoms with Gasteiger partial charge in [0.2, 0.25) is 0 Å². The van der Waals surface area contributed by atoms with Crippen molar-refractivity contribution in [1.29, 1.82) is 0 Å². The van der Waals surface area contributed by atoms with Gasteiger partial charge in [-0.05, 0) is 0 Å².